The number of nitrogens with zero attached hydrogens (tertiary/aromatic N) is 5. The number of thiocarbonyl (C=S) groups is 1. The molecule has 1 saturated heterocycles. The summed E-state index contributed by atoms with van der Waals surface area (Å²) < 4.78 is 0. The van der Waals surface area contributed by atoms with Crippen LogP contribution >= 0.6 is 12.2 Å². The molecule has 1 aliphatic rings. The van der Waals surface area contributed by atoms with Crippen molar-refractivity contribution in [3.05, 3.63) is 78.4 Å². The molecule has 0 unspecified atom stereocenters. The van der Waals surface area contributed by atoms with Crippen molar-refractivity contribution >= 4 is 51.0 Å². The van der Waals surface area contributed by atoms with Gasteiger partial charge in [0.25, 0.3) is 0 Å². The number of piperazine rings is 1. The molecule has 0 amide bonds. The lowest BCUT2D eigenvalue weighted by Crippen LogP contribution is -2.44. The molecule has 0 atom stereocenters. The molecule has 8 heteroatoms. The average Bonchev–Trinajstić information content (AvgIpc) is 3.32. The van der Waals surface area contributed by atoms with Crippen molar-refractivity contribution in [1.29, 1.82) is 0 Å². The zero-order chi connectivity index (χ0) is 25.8. The van der Waals surface area contributed by atoms with Gasteiger partial charge in [-0.15, -0.1) is 0 Å². The molecular formula is C29H31N7S. The highest BCUT2D eigenvalue weighted by atomic mass is 32.1. The Morgan fingerprint density at radius 3 is 2.46 bits per heavy atom. The standard InChI is InChI=1S/C18H16N4.C11H15N3S/c1-11-5-15-7-16(10-21-18(15)22-11)12-3-4-13-9-20-17(19-2)8-14(13)6-12;1-13-4-6-14(7-5-13)11-8-10(9-15)2-3-12-11/h3-10H,1-2H3,(H,19,20)(H,21,22);2-3,8-9H,4-7H2,1H3. The van der Waals surface area contributed by atoms with Crippen LogP contribution in [0.1, 0.15) is 11.3 Å². The molecule has 1 fully saturated rings. The number of hydrogen-bond donors (Lipinski definition) is 2. The Morgan fingerprint density at radius 1 is 0.865 bits per heavy atom. The van der Waals surface area contributed by atoms with E-state index in [9.17, 15) is 0 Å². The number of nitrogens with one attached hydrogen (secondary N) is 2. The molecule has 5 heterocycles. The molecule has 2 N–H and O–H groups in total. The lowest BCUT2D eigenvalue weighted by molar-refractivity contribution is 0.312. The Bertz CT molecular complexity index is 1540. The number of hydrogen-bond acceptors (Lipinski definition) is 7. The number of fused-ring (bicyclic) bond motifs is 2. The SMILES string of the molecule is CN1CCN(c2cc(C=S)ccn2)CC1.CNc1cc2cc(-c3cnc4[nH]c(C)cc4c3)ccc2cn1. The molecule has 0 aliphatic carbocycles. The molecule has 1 aromatic carbocycles. The van der Waals surface area contributed by atoms with Crippen molar-refractivity contribution in [2.45, 2.75) is 6.92 Å². The Balaban J connectivity index is 0.000000164. The number of H-pyrrole nitrogens is 1. The maximum Gasteiger partial charge on any atom is 0.137 e. The van der Waals surface area contributed by atoms with Gasteiger partial charge in [0.05, 0.1) is 0 Å². The second-order valence-corrected chi connectivity index (χ2v) is 9.59. The molecule has 5 aromatic rings. The molecule has 0 spiro atoms. The maximum absolute atomic E-state index is 4.92. The lowest BCUT2D eigenvalue weighted by atomic mass is 10.0. The number of aryl methyl sites for hydroxylation is 1. The highest BCUT2D eigenvalue weighted by molar-refractivity contribution is 7.79. The molecule has 4 aromatic heterocycles. The van der Waals surface area contributed by atoms with Crippen molar-refractivity contribution in [1.82, 2.24) is 24.8 Å². The highest BCUT2D eigenvalue weighted by Crippen LogP contribution is 2.27. The van der Waals surface area contributed by atoms with Gasteiger partial charge in [-0.05, 0) is 66.9 Å². The zero-order valence-corrected chi connectivity index (χ0v) is 22.2. The van der Waals surface area contributed by atoms with Gasteiger partial charge in [-0.1, -0.05) is 24.4 Å². The monoisotopic (exact) mass is 509 g/mol. The molecule has 0 radical (unpaired) electrons. The number of likely N-dealkylation sites (N-methyl/N-ethyl adjacent to an activating group) is 1. The minimum absolute atomic E-state index is 0.875. The van der Waals surface area contributed by atoms with E-state index in [1.165, 1.54) is 5.39 Å². The van der Waals surface area contributed by atoms with Gasteiger partial charge in [-0.2, -0.15) is 0 Å². The van der Waals surface area contributed by atoms with Crippen LogP contribution in [0, 0.1) is 6.92 Å². The van der Waals surface area contributed by atoms with Crippen molar-refractivity contribution < 1.29 is 0 Å². The summed E-state index contributed by atoms with van der Waals surface area (Å²) in [6.45, 7) is 6.34. The molecule has 0 bridgehead atoms. The molecule has 0 saturated carbocycles. The Morgan fingerprint density at radius 2 is 1.68 bits per heavy atom. The predicted molar refractivity (Wildman–Crippen MR) is 158 cm³/mol. The van der Waals surface area contributed by atoms with Crippen LogP contribution in [-0.2, 0) is 0 Å². The summed E-state index contributed by atoms with van der Waals surface area (Å²) in [6, 6.07) is 16.7. The Labute approximate surface area is 222 Å². The van der Waals surface area contributed by atoms with Crippen molar-refractivity contribution in [3.8, 4) is 11.1 Å². The van der Waals surface area contributed by atoms with E-state index in [1.54, 1.807) is 5.37 Å². The second kappa shape index (κ2) is 11.0. The fourth-order valence-electron chi connectivity index (χ4n) is 4.48. The van der Waals surface area contributed by atoms with E-state index in [2.05, 4.69) is 84.6 Å². The van der Waals surface area contributed by atoms with E-state index in [1.807, 2.05) is 38.6 Å². The Kier molecular flexibility index (Phi) is 7.39. The van der Waals surface area contributed by atoms with Crippen LogP contribution in [0.3, 0.4) is 0 Å². The highest BCUT2D eigenvalue weighted by Gasteiger charge is 2.15. The molecular weight excluding hydrogens is 478 g/mol. The van der Waals surface area contributed by atoms with Gasteiger partial charge in [-0.25, -0.2) is 15.0 Å². The minimum atomic E-state index is 0.875. The van der Waals surface area contributed by atoms with Crippen molar-refractivity contribution in [3.63, 3.8) is 0 Å². The molecule has 37 heavy (non-hydrogen) atoms. The summed E-state index contributed by atoms with van der Waals surface area (Å²) >= 11 is 4.92. The quantitative estimate of drug-likeness (QED) is 0.318. The number of aromatic nitrogens is 4. The first-order chi connectivity index (χ1) is 18.0. The van der Waals surface area contributed by atoms with Gasteiger partial charge in [-0.3, -0.25) is 0 Å². The van der Waals surface area contributed by atoms with Gasteiger partial charge in [0.2, 0.25) is 0 Å². The van der Waals surface area contributed by atoms with Gasteiger partial charge in [0.15, 0.2) is 0 Å². The number of aromatic amines is 1. The van der Waals surface area contributed by atoms with Crippen LogP contribution in [0.4, 0.5) is 11.6 Å². The first-order valence-corrected chi connectivity index (χ1v) is 12.9. The van der Waals surface area contributed by atoms with E-state index in [-0.39, 0.29) is 0 Å². The van der Waals surface area contributed by atoms with Gasteiger partial charge in [0, 0.05) is 79.2 Å². The van der Waals surface area contributed by atoms with Crippen molar-refractivity contribution in [2.24, 2.45) is 0 Å². The van der Waals surface area contributed by atoms with Crippen LogP contribution in [0.25, 0.3) is 32.9 Å². The lowest BCUT2D eigenvalue weighted by Gasteiger charge is -2.33. The van der Waals surface area contributed by atoms with Crippen LogP contribution in [0.15, 0.2) is 67.1 Å². The fraction of sp³-hybridized carbons (Fsp3) is 0.241. The number of pyridine rings is 3. The molecule has 188 valence electrons. The van der Waals surface area contributed by atoms with E-state index >= 15 is 0 Å². The summed E-state index contributed by atoms with van der Waals surface area (Å²) in [5, 5.41) is 8.22. The van der Waals surface area contributed by atoms with E-state index in [0.717, 1.165) is 76.6 Å². The number of anilines is 2. The summed E-state index contributed by atoms with van der Waals surface area (Å²) in [5.74, 6) is 1.92. The second-order valence-electron chi connectivity index (χ2n) is 9.35. The largest absolute Gasteiger partial charge is 0.373 e. The summed E-state index contributed by atoms with van der Waals surface area (Å²) in [4.78, 5) is 21.1. The van der Waals surface area contributed by atoms with E-state index < -0.39 is 0 Å². The fourth-order valence-corrected chi connectivity index (χ4v) is 4.63. The summed E-state index contributed by atoms with van der Waals surface area (Å²) in [5.41, 5.74) is 5.41. The Hall–Kier alpha value is -3.88. The minimum Gasteiger partial charge on any atom is -0.373 e. The van der Waals surface area contributed by atoms with Crippen LogP contribution < -0.4 is 10.2 Å². The molecule has 6 rings (SSSR count). The molecule has 1 aliphatic heterocycles. The van der Waals surface area contributed by atoms with E-state index in [0.29, 0.717) is 0 Å². The van der Waals surface area contributed by atoms with Crippen LogP contribution in [0.2, 0.25) is 0 Å². The first-order valence-electron chi connectivity index (χ1n) is 12.4. The van der Waals surface area contributed by atoms with Crippen LogP contribution in [0.5, 0.6) is 0 Å². The van der Waals surface area contributed by atoms with Gasteiger partial charge in [0.1, 0.15) is 17.3 Å². The maximum atomic E-state index is 4.92. The van der Waals surface area contributed by atoms with E-state index in [4.69, 9.17) is 12.2 Å². The zero-order valence-electron chi connectivity index (χ0n) is 21.4. The van der Waals surface area contributed by atoms with Gasteiger partial charge >= 0.3 is 0 Å². The van der Waals surface area contributed by atoms with Crippen LogP contribution in [-0.4, -0.2) is 70.5 Å². The third kappa shape index (κ3) is 5.76. The number of benzene rings is 1. The first kappa shape index (κ1) is 24.8. The predicted octanol–water partition coefficient (Wildman–Crippen LogP) is 5.31. The normalized spacial score (nSPS) is 13.9. The molecule has 7 nitrogen and oxygen atoms in total. The third-order valence-electron chi connectivity index (χ3n) is 6.65. The smallest absolute Gasteiger partial charge is 0.137 e. The van der Waals surface area contributed by atoms with Crippen molar-refractivity contribution in [2.75, 3.05) is 50.5 Å². The summed E-state index contributed by atoms with van der Waals surface area (Å²) in [7, 11) is 4.03. The third-order valence-corrected chi connectivity index (χ3v) is 6.92. The average molecular weight is 510 g/mol. The topological polar surface area (TPSA) is 73.0 Å². The number of rotatable bonds is 4. The van der Waals surface area contributed by atoms with Gasteiger partial charge < -0.3 is 20.1 Å². The summed E-state index contributed by atoms with van der Waals surface area (Å²) in [6.07, 6.45) is 5.63.